The lowest BCUT2D eigenvalue weighted by Crippen LogP contribution is -2.33. The van der Waals surface area contributed by atoms with Gasteiger partial charge in [-0.05, 0) is 26.9 Å². The predicted octanol–water partition coefficient (Wildman–Crippen LogP) is 2.29. The van der Waals surface area contributed by atoms with Gasteiger partial charge in [-0.1, -0.05) is 26.0 Å². The molecule has 0 spiro atoms. The van der Waals surface area contributed by atoms with Gasteiger partial charge in [0.1, 0.15) is 0 Å². The second-order valence-electron chi connectivity index (χ2n) is 2.74. The highest BCUT2D eigenvalue weighted by Gasteiger charge is 2.08. The first-order chi connectivity index (χ1) is 4.63. The van der Waals surface area contributed by atoms with Crippen LogP contribution >= 0.6 is 0 Å². The van der Waals surface area contributed by atoms with Crippen LogP contribution in [0.1, 0.15) is 27.7 Å². The van der Waals surface area contributed by atoms with Crippen molar-refractivity contribution in [3.05, 3.63) is 12.2 Å². The van der Waals surface area contributed by atoms with Crippen LogP contribution in [0.5, 0.6) is 0 Å². The van der Waals surface area contributed by atoms with Crippen LogP contribution in [-0.2, 0) is 0 Å². The Bertz CT molecular complexity index is 103. The first-order valence-electron chi connectivity index (χ1n) is 4.02. The lowest BCUT2D eigenvalue weighted by Gasteiger charge is -2.26. The van der Waals surface area contributed by atoms with E-state index in [4.69, 9.17) is 0 Å². The Balaban J connectivity index is 3.88. The molecule has 0 radical (unpaired) electrons. The summed E-state index contributed by atoms with van der Waals surface area (Å²) in [5.41, 5.74) is 1.25. The minimum atomic E-state index is 0.537. The summed E-state index contributed by atoms with van der Waals surface area (Å²) < 4.78 is 0. The van der Waals surface area contributed by atoms with Crippen LogP contribution in [0.25, 0.3) is 0 Å². The zero-order valence-electron chi connectivity index (χ0n) is 7.65. The third-order valence-corrected chi connectivity index (χ3v) is 2.07. The van der Waals surface area contributed by atoms with Gasteiger partial charge in [-0.3, -0.25) is 4.90 Å². The summed E-state index contributed by atoms with van der Waals surface area (Å²) in [7, 11) is 0. The van der Waals surface area contributed by atoms with Crippen LogP contribution in [0.15, 0.2) is 12.2 Å². The van der Waals surface area contributed by atoms with Gasteiger partial charge in [-0.15, -0.1) is 0 Å². The highest BCUT2D eigenvalue weighted by molar-refractivity contribution is 4.99. The third kappa shape index (κ3) is 2.53. The van der Waals surface area contributed by atoms with E-state index in [2.05, 4.69) is 39.2 Å². The molecule has 0 N–H and O–H groups in total. The smallest absolute Gasteiger partial charge is 0.0273 e. The molecule has 0 aliphatic rings. The summed E-state index contributed by atoms with van der Waals surface area (Å²) in [5, 5.41) is 0. The predicted molar refractivity (Wildman–Crippen MR) is 47.2 cm³/mol. The molecule has 0 saturated carbocycles. The zero-order valence-corrected chi connectivity index (χ0v) is 7.65. The molecular formula is C9H19N. The van der Waals surface area contributed by atoms with Gasteiger partial charge in [0, 0.05) is 6.04 Å². The van der Waals surface area contributed by atoms with Gasteiger partial charge in [0.15, 0.2) is 0 Å². The SMILES string of the molecule is C=C(C)[C@@H](C)N(CC)CC. The molecule has 0 saturated heterocycles. The standard InChI is InChI=1S/C9H19N/c1-6-10(7-2)9(5)8(3)4/h9H,3,6-7H2,1-2,4-5H3/t9-/m1/s1. The number of hydrogen-bond donors (Lipinski definition) is 0. The fraction of sp³-hybridized carbons (Fsp3) is 0.778. The Kier molecular flexibility index (Phi) is 4.37. The molecule has 0 rings (SSSR count). The molecule has 1 atom stereocenters. The second kappa shape index (κ2) is 4.51. The molecule has 0 aromatic carbocycles. The molecule has 0 aromatic heterocycles. The van der Waals surface area contributed by atoms with Gasteiger partial charge in [0.2, 0.25) is 0 Å². The van der Waals surface area contributed by atoms with Gasteiger partial charge in [0.25, 0.3) is 0 Å². The molecule has 0 amide bonds. The average molecular weight is 141 g/mol. The molecular weight excluding hydrogens is 122 g/mol. The van der Waals surface area contributed by atoms with Crippen molar-refractivity contribution in [3.8, 4) is 0 Å². The summed E-state index contributed by atoms with van der Waals surface area (Å²) in [6.45, 7) is 14.8. The monoisotopic (exact) mass is 141 g/mol. The van der Waals surface area contributed by atoms with Gasteiger partial charge in [-0.2, -0.15) is 0 Å². The van der Waals surface area contributed by atoms with Gasteiger partial charge in [-0.25, -0.2) is 0 Å². The quantitative estimate of drug-likeness (QED) is 0.543. The molecule has 0 aliphatic heterocycles. The lowest BCUT2D eigenvalue weighted by molar-refractivity contribution is 0.259. The van der Waals surface area contributed by atoms with Crippen LogP contribution in [0.3, 0.4) is 0 Å². The van der Waals surface area contributed by atoms with Gasteiger partial charge < -0.3 is 0 Å². The summed E-state index contributed by atoms with van der Waals surface area (Å²) >= 11 is 0. The van der Waals surface area contributed by atoms with Crippen LogP contribution in [0.4, 0.5) is 0 Å². The second-order valence-corrected chi connectivity index (χ2v) is 2.74. The Labute approximate surface area is 64.7 Å². The maximum atomic E-state index is 3.93. The molecule has 0 heterocycles. The summed E-state index contributed by atoms with van der Waals surface area (Å²) in [6.07, 6.45) is 0. The summed E-state index contributed by atoms with van der Waals surface area (Å²) in [4.78, 5) is 2.39. The molecule has 0 aliphatic carbocycles. The Morgan fingerprint density at radius 1 is 1.40 bits per heavy atom. The minimum Gasteiger partial charge on any atom is -0.298 e. The fourth-order valence-electron chi connectivity index (χ4n) is 1.08. The first kappa shape index (κ1) is 9.70. The van der Waals surface area contributed by atoms with E-state index >= 15 is 0 Å². The van der Waals surface area contributed by atoms with E-state index in [1.54, 1.807) is 0 Å². The number of hydrogen-bond acceptors (Lipinski definition) is 1. The number of likely N-dealkylation sites (N-methyl/N-ethyl adjacent to an activating group) is 1. The molecule has 1 nitrogen and oxygen atoms in total. The van der Waals surface area contributed by atoms with Crippen molar-refractivity contribution < 1.29 is 0 Å². The molecule has 0 unspecified atom stereocenters. The molecule has 0 bridgehead atoms. The normalized spacial score (nSPS) is 13.7. The van der Waals surface area contributed by atoms with E-state index < -0.39 is 0 Å². The van der Waals surface area contributed by atoms with Crippen molar-refractivity contribution in [2.75, 3.05) is 13.1 Å². The van der Waals surface area contributed by atoms with Gasteiger partial charge >= 0.3 is 0 Å². The zero-order chi connectivity index (χ0) is 8.15. The first-order valence-corrected chi connectivity index (χ1v) is 4.02. The van der Waals surface area contributed by atoms with Crippen LogP contribution in [0, 0.1) is 0 Å². The molecule has 0 fully saturated rings. The van der Waals surface area contributed by atoms with Crippen molar-refractivity contribution in [1.82, 2.24) is 4.90 Å². The van der Waals surface area contributed by atoms with Gasteiger partial charge in [0.05, 0.1) is 0 Å². The van der Waals surface area contributed by atoms with E-state index in [9.17, 15) is 0 Å². The van der Waals surface area contributed by atoms with E-state index in [0.717, 1.165) is 13.1 Å². The Morgan fingerprint density at radius 3 is 1.90 bits per heavy atom. The minimum absolute atomic E-state index is 0.537. The van der Waals surface area contributed by atoms with Crippen molar-refractivity contribution in [2.45, 2.75) is 33.7 Å². The topological polar surface area (TPSA) is 3.24 Å². The molecule has 60 valence electrons. The summed E-state index contributed by atoms with van der Waals surface area (Å²) in [6, 6.07) is 0.537. The largest absolute Gasteiger partial charge is 0.298 e. The summed E-state index contributed by atoms with van der Waals surface area (Å²) in [5.74, 6) is 0. The number of rotatable bonds is 4. The maximum absolute atomic E-state index is 3.93. The number of nitrogens with zero attached hydrogens (tertiary/aromatic N) is 1. The van der Waals surface area contributed by atoms with Crippen LogP contribution in [0.2, 0.25) is 0 Å². The van der Waals surface area contributed by atoms with Crippen molar-refractivity contribution in [3.63, 3.8) is 0 Å². The van der Waals surface area contributed by atoms with Crippen LogP contribution < -0.4 is 0 Å². The Hall–Kier alpha value is -0.300. The third-order valence-electron chi connectivity index (χ3n) is 2.07. The Morgan fingerprint density at radius 2 is 1.80 bits per heavy atom. The van der Waals surface area contributed by atoms with Crippen LogP contribution in [-0.4, -0.2) is 24.0 Å². The maximum Gasteiger partial charge on any atom is 0.0273 e. The molecule has 0 aromatic rings. The fourth-order valence-corrected chi connectivity index (χ4v) is 1.08. The van der Waals surface area contributed by atoms with E-state index in [1.165, 1.54) is 5.57 Å². The molecule has 10 heavy (non-hydrogen) atoms. The highest BCUT2D eigenvalue weighted by atomic mass is 15.1. The van der Waals surface area contributed by atoms with Crippen molar-refractivity contribution in [2.24, 2.45) is 0 Å². The average Bonchev–Trinajstić information content (AvgIpc) is 1.90. The highest BCUT2D eigenvalue weighted by Crippen LogP contribution is 2.05. The van der Waals surface area contributed by atoms with E-state index in [0.29, 0.717) is 6.04 Å². The lowest BCUT2D eigenvalue weighted by atomic mass is 10.1. The van der Waals surface area contributed by atoms with E-state index in [1.807, 2.05) is 0 Å². The van der Waals surface area contributed by atoms with E-state index in [-0.39, 0.29) is 0 Å². The van der Waals surface area contributed by atoms with Crippen molar-refractivity contribution in [1.29, 1.82) is 0 Å². The molecule has 1 heteroatoms. The van der Waals surface area contributed by atoms with Crippen molar-refractivity contribution >= 4 is 0 Å².